The van der Waals surface area contributed by atoms with Gasteiger partial charge in [0, 0.05) is 41.9 Å². The van der Waals surface area contributed by atoms with E-state index in [4.69, 9.17) is 41.2 Å². The number of fused-ring (bicyclic) bond motifs is 2. The number of anilines is 2. The first kappa shape index (κ1) is 46.0. The van der Waals surface area contributed by atoms with E-state index >= 15 is 0 Å². The van der Waals surface area contributed by atoms with Crippen LogP contribution < -0.4 is 21.1 Å². The number of hydrogen-bond donors (Lipinski definition) is 5. The van der Waals surface area contributed by atoms with Crippen LogP contribution in [0.1, 0.15) is 49.8 Å². The van der Waals surface area contributed by atoms with Crippen molar-refractivity contribution in [2.45, 2.75) is 57.8 Å². The number of aromatic nitrogens is 8. The lowest BCUT2D eigenvalue weighted by molar-refractivity contribution is -0.193. The maximum absolute atomic E-state index is 13.0. The molecule has 1 aliphatic carbocycles. The van der Waals surface area contributed by atoms with Crippen molar-refractivity contribution in [3.63, 3.8) is 0 Å². The molecule has 10 unspecified atom stereocenters. The second-order valence-corrected chi connectivity index (χ2v) is 18.7. The molecule has 2 aliphatic rings. The summed E-state index contributed by atoms with van der Waals surface area (Å²) < 4.78 is 45.4. The summed E-state index contributed by atoms with van der Waals surface area (Å²) in [6, 6.07) is 8.27. The van der Waals surface area contributed by atoms with Crippen molar-refractivity contribution in [1.82, 2.24) is 39.0 Å². The third-order valence-electron chi connectivity index (χ3n) is 10.8. The van der Waals surface area contributed by atoms with Gasteiger partial charge < -0.3 is 48.1 Å². The van der Waals surface area contributed by atoms with Crippen LogP contribution >= 0.6 is 15.0 Å². The number of H-pyrrole nitrogens is 1. The van der Waals surface area contributed by atoms with Gasteiger partial charge in [0.05, 0.1) is 38.1 Å². The number of amides is 2. The SMILES string of the molecule is [C-]#[N+]CCOP(=S)(OCC1OC(n2cnc3c(=O)[nH]c(NC(=O)C(C)C)nc32)C(O[P+](=O)[O-])C1CO)OC1C(CO)CC(n2cnc3c(NC(=O)c4ccccc4)ncnc32)C1C. The van der Waals surface area contributed by atoms with Gasteiger partial charge in [0.2, 0.25) is 18.4 Å². The number of carbonyl (C=O) groups is 2. The summed E-state index contributed by atoms with van der Waals surface area (Å²) in [6.45, 7) is 6.97. The average Bonchev–Trinajstić information content (AvgIpc) is 4.04. The van der Waals surface area contributed by atoms with E-state index in [-0.39, 0.29) is 60.6 Å². The molecule has 1 aromatic carbocycles. The molecule has 26 heteroatoms. The highest BCUT2D eigenvalue weighted by Gasteiger charge is 2.51. The minimum atomic E-state index is -3.84. The number of aromatic amines is 1. The monoisotopic (exact) mass is 927 g/mol. The van der Waals surface area contributed by atoms with E-state index in [2.05, 4.69) is 45.4 Å². The molecule has 2 fully saturated rings. The first-order valence-corrected chi connectivity index (χ1v) is 23.3. The van der Waals surface area contributed by atoms with Crippen molar-refractivity contribution in [3.05, 3.63) is 76.6 Å². The Morgan fingerprint density at radius 3 is 2.52 bits per heavy atom. The Labute approximate surface area is 364 Å². The number of rotatable bonds is 18. The van der Waals surface area contributed by atoms with Gasteiger partial charge >= 0.3 is 15.0 Å². The number of hydrogen-bond acceptors (Lipinski definition) is 18. The van der Waals surface area contributed by atoms with E-state index in [1.54, 1.807) is 50.5 Å². The molecule has 1 saturated carbocycles. The molecule has 0 bridgehead atoms. The van der Waals surface area contributed by atoms with Crippen molar-refractivity contribution >= 4 is 72.7 Å². The number of carbonyl (C=O) groups excluding carboxylic acids is 2. The number of benzene rings is 1. The summed E-state index contributed by atoms with van der Waals surface area (Å²) in [6.07, 6.45) is -0.201. The van der Waals surface area contributed by atoms with Crippen molar-refractivity contribution in [3.8, 4) is 0 Å². The highest BCUT2D eigenvalue weighted by molar-refractivity contribution is 8.07. The topological polar surface area (TPSA) is 296 Å². The molecule has 334 valence electrons. The van der Waals surface area contributed by atoms with E-state index in [1.165, 1.54) is 17.2 Å². The molecular weight excluding hydrogens is 884 g/mol. The zero-order chi connectivity index (χ0) is 45.0. The predicted molar refractivity (Wildman–Crippen MR) is 224 cm³/mol. The van der Waals surface area contributed by atoms with Crippen LogP contribution in [0.15, 0.2) is 54.1 Å². The van der Waals surface area contributed by atoms with Gasteiger partial charge in [-0.05, 0) is 34.9 Å². The zero-order valence-electron chi connectivity index (χ0n) is 33.9. The molecule has 1 aliphatic heterocycles. The van der Waals surface area contributed by atoms with Crippen LogP contribution in [0.2, 0.25) is 0 Å². The van der Waals surface area contributed by atoms with Gasteiger partial charge in [0.25, 0.3) is 11.5 Å². The van der Waals surface area contributed by atoms with Crippen LogP contribution in [0.3, 0.4) is 0 Å². The fraction of sp³-hybridized carbons (Fsp3) is 0.486. The van der Waals surface area contributed by atoms with Crippen LogP contribution in [0.5, 0.6) is 0 Å². The van der Waals surface area contributed by atoms with Crippen LogP contribution in [0.4, 0.5) is 11.8 Å². The molecule has 5 N–H and O–H groups in total. The average molecular weight is 928 g/mol. The largest absolute Gasteiger partial charge is 0.566 e. The summed E-state index contributed by atoms with van der Waals surface area (Å²) in [5.41, 5.74) is 0.255. The van der Waals surface area contributed by atoms with Gasteiger partial charge in [-0.2, -0.15) is 4.98 Å². The van der Waals surface area contributed by atoms with Crippen molar-refractivity contribution in [2.75, 3.05) is 43.6 Å². The number of aliphatic hydroxyl groups excluding tert-OH is 2. The molecule has 0 radical (unpaired) electrons. The van der Waals surface area contributed by atoms with E-state index in [9.17, 15) is 34.1 Å². The fourth-order valence-electron chi connectivity index (χ4n) is 7.65. The van der Waals surface area contributed by atoms with Gasteiger partial charge in [-0.1, -0.05) is 39.0 Å². The van der Waals surface area contributed by atoms with Crippen molar-refractivity contribution in [2.24, 2.45) is 23.7 Å². The first-order chi connectivity index (χ1) is 30.2. The maximum Gasteiger partial charge on any atom is 0.488 e. The summed E-state index contributed by atoms with van der Waals surface area (Å²) >= 11 is 5.92. The smallest absolute Gasteiger partial charge is 0.488 e. The normalized spacial score (nSPS) is 24.7. The molecule has 23 nitrogen and oxygen atoms in total. The Morgan fingerprint density at radius 1 is 1.08 bits per heavy atom. The van der Waals surface area contributed by atoms with Crippen molar-refractivity contribution in [1.29, 1.82) is 0 Å². The summed E-state index contributed by atoms with van der Waals surface area (Å²) in [5, 5.41) is 26.5. The second kappa shape index (κ2) is 19.8. The first-order valence-electron chi connectivity index (χ1n) is 19.7. The minimum Gasteiger partial charge on any atom is -0.566 e. The van der Waals surface area contributed by atoms with Gasteiger partial charge in [-0.15, -0.1) is 4.52 Å². The van der Waals surface area contributed by atoms with E-state index < -0.39 is 81.9 Å². The Balaban J connectivity index is 1.12. The van der Waals surface area contributed by atoms with Gasteiger partial charge in [0.15, 0.2) is 40.5 Å². The molecule has 5 aromatic rings. The number of nitrogens with one attached hydrogen (secondary N) is 3. The number of ether oxygens (including phenoxy) is 1. The molecule has 2 amide bonds. The Bertz CT molecular complexity index is 2630. The van der Waals surface area contributed by atoms with Gasteiger partial charge in [0.1, 0.15) is 12.9 Å². The van der Waals surface area contributed by atoms with E-state index in [0.29, 0.717) is 23.1 Å². The Kier molecular flexibility index (Phi) is 14.4. The van der Waals surface area contributed by atoms with Gasteiger partial charge in [-0.25, -0.2) is 26.5 Å². The molecule has 7 rings (SSSR count). The summed E-state index contributed by atoms with van der Waals surface area (Å²) in [7, 11) is -3.51. The molecule has 63 heavy (non-hydrogen) atoms. The second-order valence-electron chi connectivity index (χ2n) is 15.1. The summed E-state index contributed by atoms with van der Waals surface area (Å²) in [5.74, 6) is -3.20. The number of aliphatic hydroxyl groups is 2. The third kappa shape index (κ3) is 9.89. The molecule has 1 saturated heterocycles. The Hall–Kier alpha value is -5.02. The molecule has 4 aromatic heterocycles. The lowest BCUT2D eigenvalue weighted by atomic mass is 9.99. The number of nitrogens with zero attached hydrogens (tertiary/aromatic N) is 8. The third-order valence-corrected chi connectivity index (χ3v) is 13.6. The van der Waals surface area contributed by atoms with Gasteiger partial charge in [-0.3, -0.25) is 29.3 Å². The molecule has 10 atom stereocenters. The molecular formula is C37H43N11O12P2S. The van der Waals surface area contributed by atoms with Crippen molar-refractivity contribution < 1.29 is 52.1 Å². The fourth-order valence-corrected chi connectivity index (χ4v) is 10.3. The maximum atomic E-state index is 13.0. The highest BCUT2D eigenvalue weighted by atomic mass is 32.5. The lowest BCUT2D eigenvalue weighted by Crippen LogP contribution is -2.33. The summed E-state index contributed by atoms with van der Waals surface area (Å²) in [4.78, 5) is 77.8. The quantitative estimate of drug-likeness (QED) is 0.0479. The Morgan fingerprint density at radius 2 is 1.83 bits per heavy atom. The van der Waals surface area contributed by atoms with E-state index in [1.807, 2.05) is 11.5 Å². The standard InChI is InChI=1S/C37H43N11O12P2S/c1-19(2)33(51)45-37-44-32-27(35(53)46-37)42-18-48(32)36-29(59-61(54)55)23(14-50)25(58-36)15-57-62(63,56-11-10-38-4)60-28-20(3)24(12-22(28)13-49)47-17-41-26-30(39-16-40-31(26)47)43-34(52)21-8-6-5-7-9-21/h5-9,16-20,22-25,28-29,36,49-50H,10-15H2,1-3H3,(H,39,40,43,52)(H2,44,45,46,51,53). The molecule has 0 spiro atoms. The van der Waals surface area contributed by atoms with Crippen LogP contribution in [0.25, 0.3) is 27.2 Å². The van der Waals surface area contributed by atoms with Crippen LogP contribution in [-0.4, -0.2) is 112 Å². The predicted octanol–water partition coefficient (Wildman–Crippen LogP) is 2.47. The lowest BCUT2D eigenvalue weighted by Gasteiger charge is -2.31. The zero-order valence-corrected chi connectivity index (χ0v) is 36.5. The molecule has 5 heterocycles. The highest BCUT2D eigenvalue weighted by Crippen LogP contribution is 2.57. The van der Waals surface area contributed by atoms with Crippen LogP contribution in [0, 0.1) is 30.2 Å². The minimum absolute atomic E-state index is 0.0863. The van der Waals surface area contributed by atoms with Crippen LogP contribution in [-0.2, 0) is 44.0 Å². The number of imidazole rings is 2. The van der Waals surface area contributed by atoms with E-state index in [0.717, 1.165) is 0 Å².